The summed E-state index contributed by atoms with van der Waals surface area (Å²) < 4.78 is 6.90. The molecule has 1 aliphatic carbocycles. The maximum absolute atomic E-state index is 11.8. The van der Waals surface area contributed by atoms with Crippen molar-refractivity contribution in [1.82, 2.24) is 0 Å². The van der Waals surface area contributed by atoms with E-state index in [1.165, 1.54) is 11.1 Å². The van der Waals surface area contributed by atoms with E-state index < -0.39 is 8.32 Å². The molecule has 0 aromatic heterocycles. The molecule has 0 saturated heterocycles. The molecule has 2 nitrogen and oxygen atoms in total. The highest BCUT2D eigenvalue weighted by Crippen LogP contribution is 2.50. The Morgan fingerprint density at radius 2 is 1.68 bits per heavy atom. The summed E-state index contributed by atoms with van der Waals surface area (Å²) in [6.45, 7) is 22.4. The zero-order chi connectivity index (χ0) is 19.4. The number of Topliss-reactive ketones (excluding diaryl/α,β-unsaturated/α-hetero) is 1. The topological polar surface area (TPSA) is 26.3 Å². The predicted molar refractivity (Wildman–Crippen MR) is 109 cm³/mol. The fourth-order valence-corrected chi connectivity index (χ4v) is 5.05. The Bertz CT molecular complexity index is 678. The summed E-state index contributed by atoms with van der Waals surface area (Å²) in [4.78, 5) is 11.8. The third-order valence-electron chi connectivity index (χ3n) is 6.59. The van der Waals surface area contributed by atoms with Crippen molar-refractivity contribution in [1.29, 1.82) is 0 Å². The zero-order valence-corrected chi connectivity index (χ0v) is 18.8. The monoisotopic (exact) mass is 360 g/mol. The molecule has 1 aliphatic rings. The number of benzene rings is 1. The maximum atomic E-state index is 11.8. The highest BCUT2D eigenvalue weighted by molar-refractivity contribution is 6.74. The van der Waals surface area contributed by atoms with Gasteiger partial charge < -0.3 is 4.43 Å². The first-order valence-electron chi connectivity index (χ1n) is 9.43. The highest BCUT2D eigenvalue weighted by Gasteiger charge is 2.49. The molecule has 0 bridgehead atoms. The average molecular weight is 361 g/mol. The number of fused-ring (bicyclic) bond motifs is 1. The molecule has 140 valence electrons. The minimum atomic E-state index is -1.85. The van der Waals surface area contributed by atoms with Gasteiger partial charge in [-0.1, -0.05) is 60.6 Å². The van der Waals surface area contributed by atoms with E-state index in [1.54, 1.807) is 6.92 Å². The Kier molecular flexibility index (Phi) is 4.94. The first-order chi connectivity index (χ1) is 11.1. The smallest absolute Gasteiger partial charge is 0.192 e. The molecule has 0 radical (unpaired) electrons. The van der Waals surface area contributed by atoms with Crippen LogP contribution in [0.5, 0.6) is 0 Å². The number of hydrogen-bond acceptors (Lipinski definition) is 2. The highest BCUT2D eigenvalue weighted by atomic mass is 28.4. The summed E-state index contributed by atoms with van der Waals surface area (Å²) in [6.07, 6.45) is 1.18. The van der Waals surface area contributed by atoms with Gasteiger partial charge in [-0.3, -0.25) is 4.79 Å². The number of carbonyl (C=O) groups excluding carboxylic acids is 1. The standard InChI is InChI=1S/C22H36O2Si/c1-15(23)16-11-12-17-18(13-16)21(5,6)14-19(22(17,7)8)24-25(9,10)20(2,3)4/h11-13,19H,14H2,1-10H3. The van der Waals surface area contributed by atoms with E-state index in [0.29, 0.717) is 0 Å². The van der Waals surface area contributed by atoms with Crippen LogP contribution in [0.1, 0.15) is 83.3 Å². The van der Waals surface area contributed by atoms with Crippen LogP contribution in [0.15, 0.2) is 18.2 Å². The van der Waals surface area contributed by atoms with E-state index in [0.717, 1.165) is 12.0 Å². The van der Waals surface area contributed by atoms with Crippen LogP contribution in [0.25, 0.3) is 0 Å². The van der Waals surface area contributed by atoms with Crippen LogP contribution in [0.2, 0.25) is 18.1 Å². The summed E-state index contributed by atoms with van der Waals surface area (Å²) in [6, 6.07) is 6.25. The molecule has 1 aromatic rings. The molecule has 3 heteroatoms. The molecule has 0 fully saturated rings. The number of ketones is 1. The molecule has 0 saturated carbocycles. The van der Waals surface area contributed by atoms with Gasteiger partial charge in [0.05, 0.1) is 6.10 Å². The Morgan fingerprint density at radius 1 is 1.12 bits per heavy atom. The van der Waals surface area contributed by atoms with Gasteiger partial charge in [-0.05, 0) is 54.1 Å². The van der Waals surface area contributed by atoms with E-state index in [2.05, 4.69) is 73.7 Å². The van der Waals surface area contributed by atoms with E-state index in [9.17, 15) is 4.79 Å². The Morgan fingerprint density at radius 3 is 2.16 bits per heavy atom. The van der Waals surface area contributed by atoms with Gasteiger partial charge in [0, 0.05) is 11.0 Å². The summed E-state index contributed by atoms with van der Waals surface area (Å²) in [7, 11) is -1.85. The van der Waals surface area contributed by atoms with E-state index in [4.69, 9.17) is 4.43 Å². The summed E-state index contributed by atoms with van der Waals surface area (Å²) in [5.41, 5.74) is 3.39. The van der Waals surface area contributed by atoms with Gasteiger partial charge in [0.2, 0.25) is 0 Å². The fourth-order valence-electron chi connectivity index (χ4n) is 3.61. The molecule has 2 rings (SSSR count). The number of hydrogen-bond donors (Lipinski definition) is 0. The average Bonchev–Trinajstić information content (AvgIpc) is 2.43. The predicted octanol–water partition coefficient (Wildman–Crippen LogP) is 6.24. The van der Waals surface area contributed by atoms with Crippen LogP contribution in [-0.2, 0) is 15.3 Å². The SMILES string of the molecule is CC(=O)c1ccc2c(c1)C(C)(C)CC(O[Si](C)(C)C(C)(C)C)C2(C)C. The van der Waals surface area contributed by atoms with Gasteiger partial charge in [0.25, 0.3) is 0 Å². The lowest BCUT2D eigenvalue weighted by atomic mass is 9.61. The lowest BCUT2D eigenvalue weighted by molar-refractivity contribution is 0.0676. The molecular formula is C22H36O2Si. The van der Waals surface area contributed by atoms with Gasteiger partial charge in [-0.25, -0.2) is 0 Å². The van der Waals surface area contributed by atoms with Crippen LogP contribution < -0.4 is 0 Å². The summed E-state index contributed by atoms with van der Waals surface area (Å²) in [5.74, 6) is 0.135. The lowest BCUT2D eigenvalue weighted by Crippen LogP contribution is -2.53. The molecular weight excluding hydrogens is 324 g/mol. The van der Waals surface area contributed by atoms with Crippen molar-refractivity contribution in [2.75, 3.05) is 0 Å². The largest absolute Gasteiger partial charge is 0.413 e. The van der Waals surface area contributed by atoms with Crippen LogP contribution in [0.3, 0.4) is 0 Å². The molecule has 0 spiro atoms. The lowest BCUT2D eigenvalue weighted by Gasteiger charge is -2.51. The van der Waals surface area contributed by atoms with Gasteiger partial charge >= 0.3 is 0 Å². The molecule has 0 heterocycles. The second-order valence-electron chi connectivity index (χ2n) is 10.5. The maximum Gasteiger partial charge on any atom is 0.192 e. The van der Waals surface area contributed by atoms with Crippen molar-refractivity contribution in [2.45, 2.75) is 96.9 Å². The molecule has 0 N–H and O–H groups in total. The quantitative estimate of drug-likeness (QED) is 0.471. The minimum absolute atomic E-state index is 0.00332. The molecule has 0 aliphatic heterocycles. The summed E-state index contributed by atoms with van der Waals surface area (Å²) >= 11 is 0. The van der Waals surface area contributed by atoms with E-state index >= 15 is 0 Å². The first-order valence-corrected chi connectivity index (χ1v) is 12.3. The zero-order valence-electron chi connectivity index (χ0n) is 17.8. The van der Waals surface area contributed by atoms with Crippen LogP contribution >= 0.6 is 0 Å². The molecule has 1 unspecified atom stereocenters. The van der Waals surface area contributed by atoms with Gasteiger partial charge in [-0.2, -0.15) is 0 Å². The Hall–Kier alpha value is -0.933. The van der Waals surface area contributed by atoms with Gasteiger partial charge in [0.15, 0.2) is 14.1 Å². The van der Waals surface area contributed by atoms with Crippen LogP contribution in [-0.4, -0.2) is 20.2 Å². The second-order valence-corrected chi connectivity index (χ2v) is 15.2. The fraction of sp³-hybridized carbons (Fsp3) is 0.682. The molecule has 1 aromatic carbocycles. The van der Waals surface area contributed by atoms with Crippen molar-refractivity contribution in [3.63, 3.8) is 0 Å². The van der Waals surface area contributed by atoms with Crippen molar-refractivity contribution in [2.24, 2.45) is 0 Å². The third-order valence-corrected chi connectivity index (χ3v) is 11.1. The molecule has 1 atom stereocenters. The number of rotatable bonds is 3. The van der Waals surface area contributed by atoms with Gasteiger partial charge in [0.1, 0.15) is 0 Å². The van der Waals surface area contributed by atoms with Crippen LogP contribution in [0, 0.1) is 0 Å². The van der Waals surface area contributed by atoms with Crippen molar-refractivity contribution in [3.05, 3.63) is 34.9 Å². The number of carbonyl (C=O) groups is 1. The minimum Gasteiger partial charge on any atom is -0.413 e. The summed E-state index contributed by atoms with van der Waals surface area (Å²) in [5, 5.41) is 0.200. The van der Waals surface area contributed by atoms with Crippen molar-refractivity contribution < 1.29 is 9.22 Å². The van der Waals surface area contributed by atoms with Crippen LogP contribution in [0.4, 0.5) is 0 Å². The van der Waals surface area contributed by atoms with E-state index in [-0.39, 0.29) is 27.8 Å². The normalized spacial score (nSPS) is 22.4. The van der Waals surface area contributed by atoms with Crippen molar-refractivity contribution >= 4 is 14.1 Å². The third kappa shape index (κ3) is 3.64. The van der Waals surface area contributed by atoms with Crippen molar-refractivity contribution in [3.8, 4) is 0 Å². The first kappa shape index (κ1) is 20.4. The van der Waals surface area contributed by atoms with E-state index in [1.807, 2.05) is 6.07 Å². The molecule has 0 amide bonds. The Labute approximate surface area is 155 Å². The van der Waals surface area contributed by atoms with Gasteiger partial charge in [-0.15, -0.1) is 0 Å². The second kappa shape index (κ2) is 6.06. The molecule has 25 heavy (non-hydrogen) atoms. The Balaban J connectivity index is 2.51.